The summed E-state index contributed by atoms with van der Waals surface area (Å²) in [5.41, 5.74) is 6.22. The molecule has 0 aromatic carbocycles. The smallest absolute Gasteiger partial charge is 0.246 e. The summed E-state index contributed by atoms with van der Waals surface area (Å²) in [5, 5.41) is 4.05. The Morgan fingerprint density at radius 1 is 1.58 bits per heavy atom. The fourth-order valence-corrected chi connectivity index (χ4v) is 3.13. The van der Waals surface area contributed by atoms with Gasteiger partial charge in [-0.05, 0) is 19.9 Å². The highest BCUT2D eigenvalue weighted by molar-refractivity contribution is 7.89. The van der Waals surface area contributed by atoms with Crippen LogP contribution in [0.3, 0.4) is 0 Å². The van der Waals surface area contributed by atoms with Crippen LogP contribution in [0.15, 0.2) is 29.4 Å². The van der Waals surface area contributed by atoms with Gasteiger partial charge in [0.05, 0.1) is 6.20 Å². The van der Waals surface area contributed by atoms with Gasteiger partial charge in [-0.3, -0.25) is 4.68 Å². The number of likely N-dealkylation sites (N-methyl/N-ethyl adjacent to an activating group) is 1. The van der Waals surface area contributed by atoms with Crippen LogP contribution in [0.4, 0.5) is 0 Å². The van der Waals surface area contributed by atoms with Gasteiger partial charge < -0.3 is 5.73 Å². The lowest BCUT2D eigenvalue weighted by molar-refractivity contribution is 0.452. The zero-order chi connectivity index (χ0) is 14.5. The van der Waals surface area contributed by atoms with E-state index in [1.807, 2.05) is 6.92 Å². The second kappa shape index (κ2) is 6.83. The average molecular weight is 286 g/mol. The largest absolute Gasteiger partial charge is 0.330 e. The van der Waals surface area contributed by atoms with Gasteiger partial charge in [0, 0.05) is 25.8 Å². The Morgan fingerprint density at radius 2 is 2.26 bits per heavy atom. The van der Waals surface area contributed by atoms with Crippen LogP contribution >= 0.6 is 0 Å². The average Bonchev–Trinajstić information content (AvgIpc) is 2.82. The van der Waals surface area contributed by atoms with Crippen LogP contribution in [0.25, 0.3) is 0 Å². The van der Waals surface area contributed by atoms with Gasteiger partial charge in [-0.2, -0.15) is 9.40 Å². The molecule has 0 radical (unpaired) electrons. The van der Waals surface area contributed by atoms with Crippen LogP contribution in [-0.2, 0) is 16.6 Å². The first-order chi connectivity index (χ1) is 8.91. The molecule has 0 atom stereocenters. The van der Waals surface area contributed by atoms with Crippen molar-refractivity contribution >= 4 is 10.0 Å². The molecular weight excluding hydrogens is 264 g/mol. The molecule has 0 aliphatic carbocycles. The van der Waals surface area contributed by atoms with Crippen molar-refractivity contribution in [3.05, 3.63) is 24.5 Å². The molecule has 7 heteroatoms. The second-order valence-corrected chi connectivity index (χ2v) is 6.41. The Bertz CT molecular complexity index is 522. The van der Waals surface area contributed by atoms with Gasteiger partial charge in [-0.15, -0.1) is 0 Å². The molecule has 1 aromatic heterocycles. The molecule has 0 saturated carbocycles. The number of hydrogen-bond donors (Lipinski definition) is 1. The first kappa shape index (κ1) is 15.9. The van der Waals surface area contributed by atoms with Gasteiger partial charge in [0.1, 0.15) is 4.90 Å². The van der Waals surface area contributed by atoms with Crippen molar-refractivity contribution in [1.29, 1.82) is 0 Å². The normalized spacial score (nSPS) is 12.0. The molecule has 108 valence electrons. The second-order valence-electron chi connectivity index (χ2n) is 4.47. The van der Waals surface area contributed by atoms with Gasteiger partial charge in [-0.25, -0.2) is 8.42 Å². The van der Waals surface area contributed by atoms with Gasteiger partial charge in [0.25, 0.3) is 0 Å². The van der Waals surface area contributed by atoms with Gasteiger partial charge >= 0.3 is 0 Å². The van der Waals surface area contributed by atoms with E-state index in [-0.39, 0.29) is 4.90 Å². The maximum Gasteiger partial charge on any atom is 0.246 e. The van der Waals surface area contributed by atoms with E-state index in [1.54, 1.807) is 17.8 Å². The molecule has 0 bridgehead atoms. The molecule has 0 spiro atoms. The third-order valence-corrected chi connectivity index (χ3v) is 4.51. The fraction of sp³-hybridized carbons (Fsp3) is 0.583. The van der Waals surface area contributed by atoms with Gasteiger partial charge in [0.15, 0.2) is 0 Å². The number of aryl methyl sites for hydroxylation is 1. The van der Waals surface area contributed by atoms with Crippen molar-refractivity contribution in [1.82, 2.24) is 14.1 Å². The van der Waals surface area contributed by atoms with Crippen LogP contribution in [0, 0.1) is 0 Å². The lowest BCUT2D eigenvalue weighted by atomic mass is 10.3. The molecule has 0 amide bonds. The molecule has 1 rings (SSSR count). The molecule has 2 N–H and O–H groups in total. The summed E-state index contributed by atoms with van der Waals surface area (Å²) in [5.74, 6) is 0. The fourth-order valence-electron chi connectivity index (χ4n) is 1.67. The van der Waals surface area contributed by atoms with Crippen LogP contribution < -0.4 is 5.73 Å². The van der Waals surface area contributed by atoms with Crippen LogP contribution in [0.5, 0.6) is 0 Å². The van der Waals surface area contributed by atoms with Crippen LogP contribution in [0.1, 0.15) is 20.3 Å². The summed E-state index contributed by atoms with van der Waals surface area (Å²) in [6.45, 7) is 9.28. The zero-order valence-corrected chi connectivity index (χ0v) is 12.4. The molecule has 6 nitrogen and oxygen atoms in total. The van der Waals surface area contributed by atoms with Crippen molar-refractivity contribution in [3.63, 3.8) is 0 Å². The van der Waals surface area contributed by atoms with Crippen molar-refractivity contribution < 1.29 is 8.42 Å². The summed E-state index contributed by atoms with van der Waals surface area (Å²) in [6.07, 6.45) is 3.70. The topological polar surface area (TPSA) is 81.2 Å². The molecule has 1 heterocycles. The van der Waals surface area contributed by atoms with E-state index in [9.17, 15) is 8.42 Å². The third kappa shape index (κ3) is 4.15. The standard InChI is InChI=1S/C12H22N4O2S/c1-4-16(9-11(2)3)19(17,18)12-8-14-15(10-12)7-5-6-13/h8,10H,2,4-7,9,13H2,1,3H3. The van der Waals surface area contributed by atoms with E-state index < -0.39 is 10.0 Å². The number of aromatic nitrogens is 2. The SMILES string of the molecule is C=C(C)CN(CC)S(=O)(=O)c1cnn(CCCN)c1. The first-order valence-corrected chi connectivity index (χ1v) is 7.72. The Balaban J connectivity index is 2.92. The quantitative estimate of drug-likeness (QED) is 0.717. The van der Waals surface area contributed by atoms with Crippen molar-refractivity contribution in [3.8, 4) is 0 Å². The minimum Gasteiger partial charge on any atom is -0.330 e. The van der Waals surface area contributed by atoms with Gasteiger partial charge in [-0.1, -0.05) is 19.1 Å². The molecule has 1 aromatic rings. The van der Waals surface area contributed by atoms with Crippen molar-refractivity contribution in [2.45, 2.75) is 31.7 Å². The molecule has 0 fully saturated rings. The monoisotopic (exact) mass is 286 g/mol. The minimum absolute atomic E-state index is 0.215. The Hall–Kier alpha value is -1.18. The molecule has 19 heavy (non-hydrogen) atoms. The highest BCUT2D eigenvalue weighted by atomic mass is 32.2. The number of rotatable bonds is 8. The van der Waals surface area contributed by atoms with E-state index in [0.717, 1.165) is 12.0 Å². The van der Waals surface area contributed by atoms with E-state index >= 15 is 0 Å². The van der Waals surface area contributed by atoms with Crippen molar-refractivity contribution in [2.24, 2.45) is 5.73 Å². The highest BCUT2D eigenvalue weighted by Crippen LogP contribution is 2.15. The Labute approximate surface area is 114 Å². The maximum absolute atomic E-state index is 12.4. The Kier molecular flexibility index (Phi) is 5.71. The first-order valence-electron chi connectivity index (χ1n) is 6.28. The van der Waals surface area contributed by atoms with Gasteiger partial charge in [0.2, 0.25) is 10.0 Å². The maximum atomic E-state index is 12.4. The molecule has 0 saturated heterocycles. The zero-order valence-electron chi connectivity index (χ0n) is 11.5. The molecular formula is C12H22N4O2S. The molecule has 0 aliphatic heterocycles. The van der Waals surface area contributed by atoms with E-state index in [0.29, 0.717) is 26.2 Å². The highest BCUT2D eigenvalue weighted by Gasteiger charge is 2.24. The lowest BCUT2D eigenvalue weighted by Crippen LogP contribution is -2.32. The molecule has 0 aliphatic rings. The summed E-state index contributed by atoms with van der Waals surface area (Å²) >= 11 is 0. The van der Waals surface area contributed by atoms with Crippen LogP contribution in [-0.4, -0.2) is 42.1 Å². The number of nitrogens with two attached hydrogens (primary N) is 1. The summed E-state index contributed by atoms with van der Waals surface area (Å²) in [7, 11) is -3.49. The van der Waals surface area contributed by atoms with E-state index in [1.165, 1.54) is 10.5 Å². The predicted molar refractivity (Wildman–Crippen MR) is 75.1 cm³/mol. The summed E-state index contributed by atoms with van der Waals surface area (Å²) in [4.78, 5) is 0.215. The third-order valence-electron chi connectivity index (χ3n) is 2.64. The lowest BCUT2D eigenvalue weighted by Gasteiger charge is -2.19. The Morgan fingerprint density at radius 3 is 2.79 bits per heavy atom. The van der Waals surface area contributed by atoms with Crippen LogP contribution in [0.2, 0.25) is 0 Å². The number of hydrogen-bond acceptors (Lipinski definition) is 4. The molecule has 0 unspecified atom stereocenters. The predicted octanol–water partition coefficient (Wildman–Crippen LogP) is 0.819. The van der Waals surface area contributed by atoms with Crippen molar-refractivity contribution in [2.75, 3.05) is 19.6 Å². The van der Waals surface area contributed by atoms with E-state index in [4.69, 9.17) is 5.73 Å². The summed E-state index contributed by atoms with van der Waals surface area (Å²) < 4.78 is 27.8. The minimum atomic E-state index is -3.49. The number of sulfonamides is 1. The summed E-state index contributed by atoms with van der Waals surface area (Å²) in [6, 6.07) is 0. The number of nitrogens with zero attached hydrogens (tertiary/aromatic N) is 3. The van der Waals surface area contributed by atoms with E-state index in [2.05, 4.69) is 11.7 Å².